The van der Waals surface area contributed by atoms with Gasteiger partial charge in [-0.1, -0.05) is 6.07 Å². The Bertz CT molecular complexity index is 1530. The monoisotopic (exact) mass is 510 g/mol. The number of ether oxygens (including phenoxy) is 3. The first kappa shape index (κ1) is 24.4. The van der Waals surface area contributed by atoms with Crippen LogP contribution >= 0.6 is 0 Å². The Morgan fingerprint density at radius 2 is 1.45 bits per heavy atom. The zero-order chi connectivity index (χ0) is 26.3. The zero-order valence-corrected chi connectivity index (χ0v) is 20.6. The predicted molar refractivity (Wildman–Crippen MR) is 142 cm³/mol. The van der Waals surface area contributed by atoms with Crippen molar-refractivity contribution in [3.63, 3.8) is 0 Å². The van der Waals surface area contributed by atoms with Gasteiger partial charge in [0.2, 0.25) is 0 Å². The van der Waals surface area contributed by atoms with Crippen molar-refractivity contribution in [1.82, 2.24) is 19.9 Å². The molecule has 9 nitrogen and oxygen atoms in total. The van der Waals surface area contributed by atoms with Crippen molar-refractivity contribution < 1.29 is 18.6 Å². The van der Waals surface area contributed by atoms with Crippen LogP contribution in [0.1, 0.15) is 0 Å². The Hall–Kier alpha value is -5.25. The van der Waals surface area contributed by atoms with Gasteiger partial charge < -0.3 is 24.8 Å². The molecule has 38 heavy (non-hydrogen) atoms. The van der Waals surface area contributed by atoms with E-state index in [9.17, 15) is 0 Å². The van der Waals surface area contributed by atoms with Gasteiger partial charge in [0.1, 0.15) is 35.2 Å². The lowest BCUT2D eigenvalue weighted by Gasteiger charge is -2.13. The normalized spacial score (nSPS) is 10.5. The largest absolute Gasteiger partial charge is 0.497 e. The Labute approximate surface area is 218 Å². The molecular formula is C28H23FN6O3. The number of hydrogen-bond donors (Lipinski definition) is 2. The first-order valence-corrected chi connectivity index (χ1v) is 11.5. The maximum absolute atomic E-state index is 15.0. The lowest BCUT2D eigenvalue weighted by atomic mass is 10.1. The molecule has 0 atom stereocenters. The highest BCUT2D eigenvalue weighted by Gasteiger charge is 2.12. The summed E-state index contributed by atoms with van der Waals surface area (Å²) < 4.78 is 31.5. The van der Waals surface area contributed by atoms with Gasteiger partial charge >= 0.3 is 0 Å². The number of methoxy groups -OCH3 is 2. The van der Waals surface area contributed by atoms with Crippen LogP contribution in [-0.2, 0) is 0 Å². The fourth-order valence-corrected chi connectivity index (χ4v) is 3.66. The smallest absolute Gasteiger partial charge is 0.167 e. The van der Waals surface area contributed by atoms with Crippen molar-refractivity contribution >= 4 is 23.0 Å². The fourth-order valence-electron chi connectivity index (χ4n) is 3.66. The van der Waals surface area contributed by atoms with Crippen molar-refractivity contribution in [1.29, 1.82) is 0 Å². The van der Waals surface area contributed by atoms with Crippen molar-refractivity contribution in [2.24, 2.45) is 0 Å². The average Bonchev–Trinajstić information content (AvgIpc) is 2.95. The molecule has 2 N–H and O–H groups in total. The third-order valence-electron chi connectivity index (χ3n) is 5.47. The molecule has 0 aliphatic heterocycles. The van der Waals surface area contributed by atoms with E-state index in [2.05, 4.69) is 30.6 Å². The topological polar surface area (TPSA) is 103 Å². The van der Waals surface area contributed by atoms with E-state index >= 15 is 4.39 Å². The second kappa shape index (κ2) is 11.2. The average molecular weight is 511 g/mol. The highest BCUT2D eigenvalue weighted by atomic mass is 19.1. The van der Waals surface area contributed by atoms with Crippen LogP contribution in [0.25, 0.3) is 11.1 Å². The number of pyridine rings is 2. The van der Waals surface area contributed by atoms with E-state index in [0.717, 1.165) is 11.3 Å². The Kier molecular flexibility index (Phi) is 7.21. The van der Waals surface area contributed by atoms with Gasteiger partial charge in [-0.05, 0) is 24.3 Å². The molecule has 0 bridgehead atoms. The van der Waals surface area contributed by atoms with Gasteiger partial charge in [0.25, 0.3) is 0 Å². The Morgan fingerprint density at radius 3 is 2.13 bits per heavy atom. The second-order valence-corrected chi connectivity index (χ2v) is 8.00. The maximum Gasteiger partial charge on any atom is 0.167 e. The minimum Gasteiger partial charge on any atom is -0.497 e. The third kappa shape index (κ3) is 5.76. The highest BCUT2D eigenvalue weighted by molar-refractivity contribution is 5.69. The number of hydrogen-bond acceptors (Lipinski definition) is 9. The van der Waals surface area contributed by atoms with Gasteiger partial charge in [0, 0.05) is 77.6 Å². The van der Waals surface area contributed by atoms with Gasteiger partial charge in [-0.3, -0.25) is 9.97 Å². The summed E-state index contributed by atoms with van der Waals surface area (Å²) in [7, 11) is 3.16. The second-order valence-electron chi connectivity index (χ2n) is 8.00. The first-order chi connectivity index (χ1) is 18.6. The van der Waals surface area contributed by atoms with Gasteiger partial charge in [-0.25, -0.2) is 14.4 Å². The van der Waals surface area contributed by atoms with Crippen LogP contribution in [0.3, 0.4) is 0 Å². The summed E-state index contributed by atoms with van der Waals surface area (Å²) >= 11 is 0. The van der Waals surface area contributed by atoms with Crippen LogP contribution in [0, 0.1) is 5.82 Å². The van der Waals surface area contributed by atoms with Crippen LogP contribution in [0.2, 0.25) is 0 Å². The highest BCUT2D eigenvalue weighted by Crippen LogP contribution is 2.34. The molecule has 0 saturated heterocycles. The van der Waals surface area contributed by atoms with E-state index in [0.29, 0.717) is 40.1 Å². The van der Waals surface area contributed by atoms with Gasteiger partial charge in [-0.15, -0.1) is 0 Å². The Balaban J connectivity index is 1.31. The molecular weight excluding hydrogens is 487 g/mol. The van der Waals surface area contributed by atoms with Crippen LogP contribution in [-0.4, -0.2) is 34.2 Å². The third-order valence-corrected chi connectivity index (χ3v) is 5.47. The van der Waals surface area contributed by atoms with Crippen molar-refractivity contribution in [3.05, 3.63) is 97.6 Å². The van der Waals surface area contributed by atoms with Crippen LogP contribution in [0.15, 0.2) is 91.8 Å². The zero-order valence-electron chi connectivity index (χ0n) is 20.6. The molecule has 5 aromatic rings. The molecule has 0 unspecified atom stereocenters. The van der Waals surface area contributed by atoms with E-state index in [-0.39, 0.29) is 5.75 Å². The number of nitrogens with zero attached hydrogens (tertiary/aromatic N) is 4. The predicted octanol–water partition coefficient (Wildman–Crippen LogP) is 6.37. The first-order valence-electron chi connectivity index (χ1n) is 11.5. The lowest BCUT2D eigenvalue weighted by Crippen LogP contribution is -2.00. The molecule has 190 valence electrons. The summed E-state index contributed by atoms with van der Waals surface area (Å²) in [5.74, 6) is 2.27. The van der Waals surface area contributed by atoms with Crippen LogP contribution in [0.4, 0.5) is 27.4 Å². The van der Waals surface area contributed by atoms with Gasteiger partial charge in [0.15, 0.2) is 11.6 Å². The quantitative estimate of drug-likeness (QED) is 0.234. The summed E-state index contributed by atoms with van der Waals surface area (Å²) in [6, 6.07) is 17.1. The minimum atomic E-state index is -0.542. The van der Waals surface area contributed by atoms with E-state index in [4.69, 9.17) is 14.2 Å². The molecule has 3 aromatic heterocycles. The molecule has 0 aliphatic carbocycles. The Morgan fingerprint density at radius 1 is 0.711 bits per heavy atom. The summed E-state index contributed by atoms with van der Waals surface area (Å²) in [6.45, 7) is 0. The van der Waals surface area contributed by atoms with Crippen molar-refractivity contribution in [2.75, 3.05) is 24.9 Å². The van der Waals surface area contributed by atoms with Gasteiger partial charge in [0.05, 0.1) is 14.2 Å². The van der Waals surface area contributed by atoms with E-state index in [1.165, 1.54) is 12.4 Å². The summed E-state index contributed by atoms with van der Waals surface area (Å²) in [6.07, 6.45) is 8.02. The number of halogens is 1. The van der Waals surface area contributed by atoms with Gasteiger partial charge in [-0.2, -0.15) is 0 Å². The van der Waals surface area contributed by atoms with E-state index in [1.807, 2.05) is 24.3 Å². The lowest BCUT2D eigenvalue weighted by molar-refractivity contribution is 0.395. The van der Waals surface area contributed by atoms with Crippen LogP contribution in [0.5, 0.6) is 23.0 Å². The minimum absolute atomic E-state index is 0.0731. The number of benzene rings is 2. The molecule has 0 amide bonds. The van der Waals surface area contributed by atoms with Crippen molar-refractivity contribution in [2.45, 2.75) is 0 Å². The molecule has 5 rings (SSSR count). The molecule has 3 heterocycles. The standard InChI is InChI=1S/C28H23FN6O3/c1-36-21-10-20(11-22(13-21)37-2)35-28-14-27(32-17-33-28)34-19-5-6-26(24(29)12-19)38-25-7-9-31-16-23(25)18-4-3-8-30-15-18/h3-17H,1-2H3,(H2,32,33,34,35). The molecule has 10 heteroatoms. The summed E-state index contributed by atoms with van der Waals surface area (Å²) in [5.41, 5.74) is 2.73. The number of nitrogens with one attached hydrogen (secondary N) is 2. The van der Waals surface area contributed by atoms with E-state index in [1.54, 1.807) is 69.3 Å². The summed E-state index contributed by atoms with van der Waals surface area (Å²) in [5, 5.41) is 6.28. The molecule has 0 spiro atoms. The maximum atomic E-state index is 15.0. The molecule has 0 aliphatic rings. The number of rotatable bonds is 9. The molecule has 0 radical (unpaired) electrons. The molecule has 0 saturated carbocycles. The molecule has 0 fully saturated rings. The summed E-state index contributed by atoms with van der Waals surface area (Å²) in [4.78, 5) is 16.8. The number of anilines is 4. The molecule has 2 aromatic carbocycles. The van der Waals surface area contributed by atoms with E-state index < -0.39 is 5.82 Å². The fraction of sp³-hybridized carbons (Fsp3) is 0.0714. The SMILES string of the molecule is COc1cc(Nc2cc(Nc3ccc(Oc4ccncc4-c4cccnc4)c(F)c3)ncn2)cc(OC)c1. The van der Waals surface area contributed by atoms with Crippen molar-refractivity contribution in [3.8, 4) is 34.1 Å². The van der Waals surface area contributed by atoms with Crippen LogP contribution < -0.4 is 24.8 Å². The number of aromatic nitrogens is 4.